The number of halogens is 1. The Morgan fingerprint density at radius 1 is 1.25 bits per heavy atom. The van der Waals surface area contributed by atoms with Gasteiger partial charge in [0.05, 0.1) is 19.1 Å². The van der Waals surface area contributed by atoms with Crippen LogP contribution >= 0.6 is 11.6 Å². The van der Waals surface area contributed by atoms with Gasteiger partial charge in [-0.15, -0.1) is 0 Å². The van der Waals surface area contributed by atoms with Crippen molar-refractivity contribution < 1.29 is 19.1 Å². The van der Waals surface area contributed by atoms with Crippen molar-refractivity contribution >= 4 is 23.5 Å². The van der Waals surface area contributed by atoms with Crippen LogP contribution in [0.5, 0.6) is 0 Å². The van der Waals surface area contributed by atoms with Crippen molar-refractivity contribution in [2.24, 2.45) is 5.92 Å². The lowest BCUT2D eigenvalue weighted by Gasteiger charge is -2.17. The Balaban J connectivity index is 2.36. The van der Waals surface area contributed by atoms with Crippen LogP contribution in [0.3, 0.4) is 0 Å². The number of hydrogen-bond donors (Lipinski definition) is 0. The Bertz CT molecular complexity index is 528. The molecule has 108 valence electrons. The summed E-state index contributed by atoms with van der Waals surface area (Å²) in [5, 5.41) is 0.465. The summed E-state index contributed by atoms with van der Waals surface area (Å²) in [6.07, 6.45) is 0.383. The van der Waals surface area contributed by atoms with Crippen LogP contribution in [0.2, 0.25) is 5.02 Å². The van der Waals surface area contributed by atoms with Gasteiger partial charge < -0.3 is 9.47 Å². The quantitative estimate of drug-likeness (QED) is 0.784. The molecule has 0 spiro atoms. The molecule has 0 aromatic heterocycles. The number of rotatable bonds is 5. The van der Waals surface area contributed by atoms with Crippen LogP contribution in [0.15, 0.2) is 24.3 Å². The normalized spacial score (nSPS) is 24.1. The van der Waals surface area contributed by atoms with E-state index in [0.29, 0.717) is 17.0 Å². The van der Waals surface area contributed by atoms with Crippen LogP contribution in [0.25, 0.3) is 0 Å². The Kier molecular flexibility index (Phi) is 4.33. The second-order valence-electron chi connectivity index (χ2n) is 4.68. The number of carbonyl (C=O) groups is 2. The van der Waals surface area contributed by atoms with E-state index < -0.39 is 17.3 Å². The molecule has 0 aliphatic heterocycles. The van der Waals surface area contributed by atoms with E-state index in [4.69, 9.17) is 21.1 Å². The van der Waals surface area contributed by atoms with Crippen LogP contribution in [-0.4, -0.2) is 25.2 Å². The van der Waals surface area contributed by atoms with Gasteiger partial charge in [0, 0.05) is 5.02 Å². The Labute approximate surface area is 123 Å². The van der Waals surface area contributed by atoms with Gasteiger partial charge in [-0.3, -0.25) is 9.59 Å². The van der Waals surface area contributed by atoms with Gasteiger partial charge in [0.2, 0.25) is 0 Å². The number of hydrogen-bond acceptors (Lipinski definition) is 4. The van der Waals surface area contributed by atoms with Crippen molar-refractivity contribution in [3.05, 3.63) is 34.9 Å². The van der Waals surface area contributed by atoms with Gasteiger partial charge in [-0.25, -0.2) is 0 Å². The standard InChI is InChI=1S/C15H17ClO4/c1-3-19-13(17)11-9-15(11,14(18)20-4-2)10-7-5-6-8-12(10)16/h5-8,11H,3-4,9H2,1-2H3/t11-,15-/m0/s1. The molecule has 2 rings (SSSR count). The Morgan fingerprint density at radius 2 is 1.90 bits per heavy atom. The number of carbonyl (C=O) groups excluding carboxylic acids is 2. The first-order valence-electron chi connectivity index (χ1n) is 6.66. The predicted octanol–water partition coefficient (Wildman–Crippen LogP) is 2.72. The van der Waals surface area contributed by atoms with E-state index in [2.05, 4.69) is 0 Å². The van der Waals surface area contributed by atoms with Crippen molar-refractivity contribution in [1.82, 2.24) is 0 Å². The number of esters is 2. The maximum atomic E-state index is 12.3. The zero-order valence-corrected chi connectivity index (χ0v) is 12.3. The molecule has 1 fully saturated rings. The first kappa shape index (κ1) is 14.9. The summed E-state index contributed by atoms with van der Waals surface area (Å²) >= 11 is 6.18. The largest absolute Gasteiger partial charge is 0.466 e. The lowest BCUT2D eigenvalue weighted by atomic mass is 9.93. The molecule has 5 heteroatoms. The SMILES string of the molecule is CCOC(=O)[C@@H]1C[C@]1(C(=O)OCC)c1ccccc1Cl. The fourth-order valence-corrected chi connectivity index (χ4v) is 2.81. The highest BCUT2D eigenvalue weighted by Crippen LogP contribution is 2.57. The topological polar surface area (TPSA) is 52.6 Å². The van der Waals surface area contributed by atoms with Crippen LogP contribution in [0.1, 0.15) is 25.8 Å². The Hall–Kier alpha value is -1.55. The van der Waals surface area contributed by atoms with Gasteiger partial charge in [0.25, 0.3) is 0 Å². The van der Waals surface area contributed by atoms with Gasteiger partial charge in [0.15, 0.2) is 0 Å². The lowest BCUT2D eigenvalue weighted by molar-refractivity contribution is -0.152. The van der Waals surface area contributed by atoms with Gasteiger partial charge in [0.1, 0.15) is 5.41 Å². The van der Waals surface area contributed by atoms with Crippen molar-refractivity contribution in [3.8, 4) is 0 Å². The first-order valence-corrected chi connectivity index (χ1v) is 7.04. The molecule has 20 heavy (non-hydrogen) atoms. The molecule has 0 bridgehead atoms. The molecule has 1 aliphatic carbocycles. The molecule has 0 saturated heterocycles. The molecule has 0 amide bonds. The van der Waals surface area contributed by atoms with Gasteiger partial charge >= 0.3 is 11.9 Å². The van der Waals surface area contributed by atoms with Gasteiger partial charge in [-0.2, -0.15) is 0 Å². The van der Waals surface area contributed by atoms with E-state index >= 15 is 0 Å². The molecule has 0 heterocycles. The molecule has 0 unspecified atom stereocenters. The molecule has 1 aliphatic rings. The Morgan fingerprint density at radius 3 is 2.50 bits per heavy atom. The minimum absolute atomic E-state index is 0.264. The lowest BCUT2D eigenvalue weighted by Crippen LogP contribution is -2.29. The first-order chi connectivity index (χ1) is 9.57. The van der Waals surface area contributed by atoms with E-state index in [1.807, 2.05) is 0 Å². The van der Waals surface area contributed by atoms with Crippen molar-refractivity contribution in [2.75, 3.05) is 13.2 Å². The summed E-state index contributed by atoms with van der Waals surface area (Å²) < 4.78 is 10.2. The van der Waals surface area contributed by atoms with Crippen LogP contribution < -0.4 is 0 Å². The van der Waals surface area contributed by atoms with Crippen LogP contribution in [0, 0.1) is 5.92 Å². The average molecular weight is 297 g/mol. The van der Waals surface area contributed by atoms with Crippen LogP contribution in [0.4, 0.5) is 0 Å². The maximum absolute atomic E-state index is 12.3. The van der Waals surface area contributed by atoms with E-state index in [-0.39, 0.29) is 19.2 Å². The van der Waals surface area contributed by atoms with E-state index in [9.17, 15) is 9.59 Å². The summed E-state index contributed by atoms with van der Waals surface area (Å²) in [5.74, 6) is -1.30. The highest BCUT2D eigenvalue weighted by atomic mass is 35.5. The third-order valence-corrected chi connectivity index (χ3v) is 3.86. The number of ether oxygens (including phenoxy) is 2. The summed E-state index contributed by atoms with van der Waals surface area (Å²) in [4.78, 5) is 24.3. The second-order valence-corrected chi connectivity index (χ2v) is 5.09. The van der Waals surface area contributed by atoms with Gasteiger partial charge in [-0.05, 0) is 31.9 Å². The fraction of sp³-hybridized carbons (Fsp3) is 0.467. The molecule has 0 radical (unpaired) electrons. The summed E-state index contributed by atoms with van der Waals surface area (Å²) in [7, 11) is 0. The maximum Gasteiger partial charge on any atom is 0.317 e. The summed E-state index contributed by atoms with van der Waals surface area (Å²) in [6.45, 7) is 4.03. The molecule has 4 nitrogen and oxygen atoms in total. The van der Waals surface area contributed by atoms with Gasteiger partial charge in [-0.1, -0.05) is 29.8 Å². The van der Waals surface area contributed by atoms with E-state index in [1.165, 1.54) is 0 Å². The summed E-state index contributed by atoms with van der Waals surface area (Å²) in [6, 6.07) is 7.05. The smallest absolute Gasteiger partial charge is 0.317 e. The highest BCUT2D eigenvalue weighted by molar-refractivity contribution is 6.32. The molecule has 1 saturated carbocycles. The molecular formula is C15H17ClO4. The third-order valence-electron chi connectivity index (χ3n) is 3.53. The van der Waals surface area contributed by atoms with E-state index in [1.54, 1.807) is 38.1 Å². The molecule has 1 aromatic carbocycles. The minimum Gasteiger partial charge on any atom is -0.466 e. The van der Waals surface area contributed by atoms with E-state index in [0.717, 1.165) is 0 Å². The molecule has 0 N–H and O–H groups in total. The monoisotopic (exact) mass is 296 g/mol. The molecule has 1 aromatic rings. The van der Waals surface area contributed by atoms with Crippen molar-refractivity contribution in [3.63, 3.8) is 0 Å². The van der Waals surface area contributed by atoms with Crippen molar-refractivity contribution in [1.29, 1.82) is 0 Å². The van der Waals surface area contributed by atoms with Crippen molar-refractivity contribution in [2.45, 2.75) is 25.7 Å². The highest BCUT2D eigenvalue weighted by Gasteiger charge is 2.67. The average Bonchev–Trinajstić information content (AvgIpc) is 3.16. The predicted molar refractivity (Wildman–Crippen MR) is 74.5 cm³/mol. The zero-order chi connectivity index (χ0) is 14.8. The fourth-order valence-electron chi connectivity index (χ4n) is 2.51. The molecule has 2 atom stereocenters. The second kappa shape index (κ2) is 5.83. The molecular weight excluding hydrogens is 280 g/mol. The summed E-state index contributed by atoms with van der Waals surface area (Å²) in [5.41, 5.74) is -0.348. The minimum atomic E-state index is -0.986. The zero-order valence-electron chi connectivity index (χ0n) is 11.5. The van der Waals surface area contributed by atoms with Crippen LogP contribution in [-0.2, 0) is 24.5 Å². The third kappa shape index (κ3) is 2.40. The number of benzene rings is 1.